The first-order valence-corrected chi connectivity index (χ1v) is 25.3. The molecule has 0 atom stereocenters. The lowest BCUT2D eigenvalue weighted by Crippen LogP contribution is -2.10. The third kappa shape index (κ3) is 5.19. The zero-order valence-corrected chi connectivity index (χ0v) is 38.9. The summed E-state index contributed by atoms with van der Waals surface area (Å²) >= 11 is 5.42. The molecule has 5 heterocycles. The summed E-state index contributed by atoms with van der Waals surface area (Å²) in [6.07, 6.45) is 0. The van der Waals surface area contributed by atoms with Gasteiger partial charge in [0.1, 0.15) is 6.07 Å². The number of nitriles is 1. The van der Waals surface area contributed by atoms with Crippen molar-refractivity contribution < 1.29 is 0 Å². The highest BCUT2D eigenvalue weighted by molar-refractivity contribution is 7.27. The van der Waals surface area contributed by atoms with Gasteiger partial charge in [-0.1, -0.05) is 170 Å². The lowest BCUT2D eigenvalue weighted by Gasteiger charge is -2.26. The maximum Gasteiger partial charge on any atom is 0.206 e. The highest BCUT2D eigenvalue weighted by Crippen LogP contribution is 2.55. The molecule has 4 nitrogen and oxygen atoms in total. The fraction of sp³-hybridized carbons (Fsp3) is 0. The van der Waals surface area contributed by atoms with Crippen LogP contribution in [0.1, 0.15) is 5.56 Å². The van der Waals surface area contributed by atoms with Crippen molar-refractivity contribution in [3.05, 3.63) is 211 Å². The van der Waals surface area contributed by atoms with Gasteiger partial charge in [-0.05, 0) is 35.4 Å². The summed E-state index contributed by atoms with van der Waals surface area (Å²) in [6.45, 7) is 9.30. The average Bonchev–Trinajstić information content (AvgIpc) is 4.23. The SMILES string of the molecule is [C-]#[N+]c1c(-c2ccccc2)c(C#N)c(-n2c3c(ccc4c5ccccc5sc43)c3ccc4c5ccccc5sc4c32)c(-n2c3ccccc3c3ccc4c5ccccc5sc4c32)c1-c1ccccc1. The Balaban J connectivity index is 1.29. The molecule has 0 bridgehead atoms. The minimum Gasteiger partial charge on any atom is -0.306 e. The van der Waals surface area contributed by atoms with Crippen LogP contribution in [0.5, 0.6) is 0 Å². The molecule has 7 heteroatoms. The second-order valence-corrected chi connectivity index (χ2v) is 20.8. The Hall–Kier alpha value is -8.56. The molecule has 0 aliphatic heterocycles. The van der Waals surface area contributed by atoms with Crippen molar-refractivity contribution in [2.75, 3.05) is 0 Å². The molecule has 0 saturated carbocycles. The number of nitrogens with zero attached hydrogens (tertiary/aromatic N) is 4. The molecule has 0 amide bonds. The summed E-state index contributed by atoms with van der Waals surface area (Å²) in [7, 11) is 0. The molecule has 10 aromatic carbocycles. The number of benzene rings is 10. The third-order valence-electron chi connectivity index (χ3n) is 14.2. The van der Waals surface area contributed by atoms with Crippen LogP contribution in [0.2, 0.25) is 0 Å². The van der Waals surface area contributed by atoms with Crippen molar-refractivity contribution in [3.63, 3.8) is 0 Å². The smallest absolute Gasteiger partial charge is 0.206 e. The molecule has 0 aliphatic carbocycles. The van der Waals surface area contributed by atoms with Gasteiger partial charge in [0.2, 0.25) is 5.69 Å². The molecule has 318 valence electrons. The molecule has 0 spiro atoms. The van der Waals surface area contributed by atoms with Gasteiger partial charge in [0.15, 0.2) is 0 Å². The van der Waals surface area contributed by atoms with Gasteiger partial charge in [-0.3, -0.25) is 0 Å². The van der Waals surface area contributed by atoms with Crippen LogP contribution in [0, 0.1) is 17.9 Å². The van der Waals surface area contributed by atoms with Crippen LogP contribution >= 0.6 is 34.0 Å². The average molecular weight is 929 g/mol. The number of para-hydroxylation sites is 1. The highest BCUT2D eigenvalue weighted by Gasteiger charge is 2.33. The van der Waals surface area contributed by atoms with Gasteiger partial charge in [0, 0.05) is 79.1 Å². The van der Waals surface area contributed by atoms with Crippen LogP contribution in [0.25, 0.3) is 143 Å². The predicted octanol–water partition coefficient (Wildman–Crippen LogP) is 18.7. The molecular weight excluding hydrogens is 897 g/mol. The fourth-order valence-corrected chi connectivity index (χ4v) is 15.1. The maximum atomic E-state index is 12.3. The Kier molecular flexibility index (Phi) is 8.08. The molecule has 0 N–H and O–H groups in total. The summed E-state index contributed by atoms with van der Waals surface area (Å²) in [4.78, 5) is 4.55. The summed E-state index contributed by atoms with van der Waals surface area (Å²) in [5.41, 5.74) is 9.72. The van der Waals surface area contributed by atoms with E-state index in [-0.39, 0.29) is 0 Å². The molecule has 15 aromatic rings. The second kappa shape index (κ2) is 14.5. The van der Waals surface area contributed by atoms with Crippen molar-refractivity contribution >= 4 is 144 Å². The number of hydrogen-bond acceptors (Lipinski definition) is 4. The molecule has 69 heavy (non-hydrogen) atoms. The van der Waals surface area contributed by atoms with Crippen molar-refractivity contribution in [1.82, 2.24) is 9.13 Å². The number of aromatic nitrogens is 2. The Bertz CT molecular complexity index is 4670. The van der Waals surface area contributed by atoms with E-state index in [0.29, 0.717) is 16.8 Å². The minimum atomic E-state index is 0.442. The Morgan fingerprint density at radius 1 is 0.377 bits per heavy atom. The Morgan fingerprint density at radius 3 is 1.25 bits per heavy atom. The predicted molar refractivity (Wildman–Crippen MR) is 296 cm³/mol. The summed E-state index contributed by atoms with van der Waals surface area (Å²) in [5, 5.41) is 23.9. The van der Waals surface area contributed by atoms with Crippen molar-refractivity contribution in [1.29, 1.82) is 5.26 Å². The van der Waals surface area contributed by atoms with E-state index in [1.807, 2.05) is 36.4 Å². The third-order valence-corrected chi connectivity index (χ3v) is 17.8. The quantitative estimate of drug-likeness (QED) is 0.162. The van der Waals surface area contributed by atoms with E-state index in [0.717, 1.165) is 85.8 Å². The molecule has 0 saturated heterocycles. The highest BCUT2D eigenvalue weighted by atomic mass is 32.1. The van der Waals surface area contributed by atoms with Crippen LogP contribution in [-0.4, -0.2) is 9.13 Å². The first kappa shape index (κ1) is 38.5. The first-order chi connectivity index (χ1) is 34.2. The summed E-state index contributed by atoms with van der Waals surface area (Å²) in [5.74, 6) is 0. The first-order valence-electron chi connectivity index (χ1n) is 22.9. The van der Waals surface area contributed by atoms with Crippen molar-refractivity contribution in [2.45, 2.75) is 0 Å². The number of rotatable bonds is 4. The van der Waals surface area contributed by atoms with Gasteiger partial charge in [-0.15, -0.1) is 34.0 Å². The Labute approximate surface area is 406 Å². The second-order valence-electron chi connectivity index (χ2n) is 17.6. The molecule has 0 unspecified atom stereocenters. The molecule has 0 aliphatic rings. The molecular formula is C62H32N4S3. The zero-order chi connectivity index (χ0) is 45.5. The standard InChI is InChI=1S/C62H32N4S3/c1-64-54-52(35-16-4-2-5-17-35)47(34-63)55(66-57-42(29-32-45-39-22-10-14-26-50(39)68-61(45)57)43-30-33-46-40-23-11-15-27-51(40)69-62(46)58(43)66)59(53(54)36-18-6-3-7-19-36)65-48-24-12-8-20-37(48)41-28-31-44-38-21-9-13-25-49(38)67-60(44)56(41)65/h2-33H. The lowest BCUT2D eigenvalue weighted by atomic mass is 9.88. The van der Waals surface area contributed by atoms with Gasteiger partial charge in [-0.25, -0.2) is 4.85 Å². The fourth-order valence-electron chi connectivity index (χ4n) is 11.4. The van der Waals surface area contributed by atoms with Crippen LogP contribution < -0.4 is 0 Å². The van der Waals surface area contributed by atoms with Gasteiger partial charge in [-0.2, -0.15) is 5.26 Å². The van der Waals surface area contributed by atoms with Crippen LogP contribution in [0.3, 0.4) is 0 Å². The van der Waals surface area contributed by atoms with Crippen molar-refractivity contribution in [2.24, 2.45) is 0 Å². The van der Waals surface area contributed by atoms with Gasteiger partial charge < -0.3 is 9.13 Å². The van der Waals surface area contributed by atoms with Gasteiger partial charge in [0.05, 0.1) is 59.7 Å². The lowest BCUT2D eigenvalue weighted by molar-refractivity contribution is 1.10. The van der Waals surface area contributed by atoms with Gasteiger partial charge in [0.25, 0.3) is 0 Å². The minimum absolute atomic E-state index is 0.442. The molecule has 15 rings (SSSR count). The number of thiophene rings is 3. The van der Waals surface area contributed by atoms with E-state index >= 15 is 0 Å². The Morgan fingerprint density at radius 2 is 0.768 bits per heavy atom. The monoisotopic (exact) mass is 928 g/mol. The maximum absolute atomic E-state index is 12.3. The van der Waals surface area contributed by atoms with Crippen LogP contribution in [0.4, 0.5) is 5.69 Å². The van der Waals surface area contributed by atoms with E-state index in [9.17, 15) is 11.8 Å². The van der Waals surface area contributed by atoms with E-state index in [2.05, 4.69) is 178 Å². The van der Waals surface area contributed by atoms with Crippen LogP contribution in [0.15, 0.2) is 194 Å². The summed E-state index contributed by atoms with van der Waals surface area (Å²) in [6, 6.07) is 71.8. The topological polar surface area (TPSA) is 38.0 Å². The van der Waals surface area contributed by atoms with E-state index < -0.39 is 0 Å². The summed E-state index contributed by atoms with van der Waals surface area (Å²) < 4.78 is 12.0. The number of fused-ring (bicyclic) bond motifs is 18. The molecule has 0 fully saturated rings. The van der Waals surface area contributed by atoms with Gasteiger partial charge >= 0.3 is 0 Å². The number of hydrogen-bond donors (Lipinski definition) is 0. The molecule has 5 aromatic heterocycles. The zero-order valence-electron chi connectivity index (χ0n) is 36.5. The molecule has 0 radical (unpaired) electrons. The normalized spacial score (nSPS) is 12.0. The van der Waals surface area contributed by atoms with Crippen molar-refractivity contribution in [3.8, 4) is 39.7 Å². The van der Waals surface area contributed by atoms with E-state index in [4.69, 9.17) is 0 Å². The van der Waals surface area contributed by atoms with E-state index in [1.165, 1.54) is 46.4 Å². The van der Waals surface area contributed by atoms with E-state index in [1.54, 1.807) is 34.0 Å². The van der Waals surface area contributed by atoms with Crippen LogP contribution in [-0.2, 0) is 0 Å². The largest absolute Gasteiger partial charge is 0.306 e.